The average molecular weight is 166 g/mol. The summed E-state index contributed by atoms with van der Waals surface area (Å²) < 4.78 is 0. The fourth-order valence-corrected chi connectivity index (χ4v) is 3.31. The zero-order valence-electron chi connectivity index (χ0n) is 8.55. The van der Waals surface area contributed by atoms with Gasteiger partial charge < -0.3 is 0 Å². The molecule has 4 atom stereocenters. The van der Waals surface area contributed by atoms with E-state index < -0.39 is 0 Å². The van der Waals surface area contributed by atoms with Crippen LogP contribution in [0.3, 0.4) is 0 Å². The molecule has 70 valence electrons. The lowest BCUT2D eigenvalue weighted by Gasteiger charge is -2.32. The maximum atomic E-state index is 2.47. The lowest BCUT2D eigenvalue weighted by atomic mass is 9.74. The van der Waals surface area contributed by atoms with Crippen LogP contribution >= 0.6 is 0 Å². The summed E-state index contributed by atoms with van der Waals surface area (Å²) in [5, 5.41) is 0. The Morgan fingerprint density at radius 2 is 1.67 bits per heavy atom. The molecule has 0 aliphatic heterocycles. The molecule has 0 spiro atoms. The van der Waals surface area contributed by atoms with E-state index in [0.717, 1.165) is 23.7 Å². The number of fused-ring (bicyclic) bond motifs is 2. The summed E-state index contributed by atoms with van der Waals surface area (Å²) in [6.45, 7) is 4.92. The van der Waals surface area contributed by atoms with E-state index in [9.17, 15) is 0 Å². The zero-order chi connectivity index (χ0) is 8.55. The highest BCUT2D eigenvalue weighted by molar-refractivity contribution is 4.82. The Labute approximate surface area is 76.7 Å². The van der Waals surface area contributed by atoms with E-state index in [-0.39, 0.29) is 0 Å². The SMILES string of the molecule is CC1CCC2C[C@H](C)CC[C@H]1C2. The summed E-state index contributed by atoms with van der Waals surface area (Å²) in [5.74, 6) is 4.24. The van der Waals surface area contributed by atoms with Crippen LogP contribution in [0.15, 0.2) is 0 Å². The van der Waals surface area contributed by atoms with Crippen LogP contribution in [0.1, 0.15) is 52.4 Å². The van der Waals surface area contributed by atoms with Crippen molar-refractivity contribution in [2.24, 2.45) is 23.7 Å². The summed E-state index contributed by atoms with van der Waals surface area (Å²) in [6.07, 6.45) is 9.17. The Kier molecular flexibility index (Phi) is 2.43. The average Bonchev–Trinajstić information content (AvgIpc) is 2.19. The Balaban J connectivity index is 2.02. The number of hydrogen-bond donors (Lipinski definition) is 0. The highest BCUT2D eigenvalue weighted by atomic mass is 14.4. The molecule has 0 aromatic heterocycles. The molecule has 2 unspecified atom stereocenters. The monoisotopic (exact) mass is 166 g/mol. The number of hydrogen-bond acceptors (Lipinski definition) is 0. The van der Waals surface area contributed by atoms with E-state index in [1.165, 1.54) is 32.1 Å². The third-order valence-electron chi connectivity index (χ3n) is 4.24. The smallest absolute Gasteiger partial charge is 0.0386 e. The van der Waals surface area contributed by atoms with Gasteiger partial charge in [-0.1, -0.05) is 33.1 Å². The molecule has 0 nitrogen and oxygen atoms in total. The van der Waals surface area contributed by atoms with E-state index in [0.29, 0.717) is 0 Å². The number of rotatable bonds is 0. The lowest BCUT2D eigenvalue weighted by Crippen LogP contribution is -2.21. The predicted octanol–water partition coefficient (Wildman–Crippen LogP) is 3.86. The minimum absolute atomic E-state index is 1.02. The summed E-state index contributed by atoms with van der Waals surface area (Å²) in [5.41, 5.74) is 0. The highest BCUT2D eigenvalue weighted by Crippen LogP contribution is 2.42. The van der Waals surface area contributed by atoms with Crippen molar-refractivity contribution in [3.63, 3.8) is 0 Å². The standard InChI is InChI=1S/C12H22/c1-9-3-6-12-8-11(7-9)5-4-10(12)2/h9-12H,3-8H2,1-2H3/t9-,10?,11?,12+/m1/s1. The maximum absolute atomic E-state index is 2.47. The normalized spacial score (nSPS) is 48.5. The first kappa shape index (κ1) is 8.59. The molecule has 0 heterocycles. The van der Waals surface area contributed by atoms with Crippen molar-refractivity contribution in [3.8, 4) is 0 Å². The van der Waals surface area contributed by atoms with Gasteiger partial charge in [0, 0.05) is 0 Å². The van der Waals surface area contributed by atoms with Crippen LogP contribution in [0.4, 0.5) is 0 Å². The van der Waals surface area contributed by atoms with E-state index >= 15 is 0 Å². The van der Waals surface area contributed by atoms with Crippen molar-refractivity contribution in [2.45, 2.75) is 52.4 Å². The van der Waals surface area contributed by atoms with Crippen LogP contribution in [0.25, 0.3) is 0 Å². The maximum Gasteiger partial charge on any atom is -0.0386 e. The second-order valence-corrected chi connectivity index (χ2v) is 5.33. The van der Waals surface area contributed by atoms with Gasteiger partial charge in [0.25, 0.3) is 0 Å². The summed E-state index contributed by atoms with van der Waals surface area (Å²) in [7, 11) is 0. The molecule has 0 N–H and O–H groups in total. The minimum Gasteiger partial charge on any atom is -0.0625 e. The van der Waals surface area contributed by atoms with Crippen molar-refractivity contribution in [1.82, 2.24) is 0 Å². The van der Waals surface area contributed by atoms with Gasteiger partial charge in [-0.2, -0.15) is 0 Å². The van der Waals surface area contributed by atoms with Gasteiger partial charge in [0.1, 0.15) is 0 Å². The first-order valence-corrected chi connectivity index (χ1v) is 5.75. The van der Waals surface area contributed by atoms with Gasteiger partial charge in [-0.05, 0) is 42.9 Å². The van der Waals surface area contributed by atoms with Crippen LogP contribution in [0.2, 0.25) is 0 Å². The molecule has 12 heavy (non-hydrogen) atoms. The highest BCUT2D eigenvalue weighted by Gasteiger charge is 2.31. The Morgan fingerprint density at radius 1 is 0.833 bits per heavy atom. The fraction of sp³-hybridized carbons (Fsp3) is 1.00. The minimum atomic E-state index is 1.02. The Hall–Kier alpha value is 0. The van der Waals surface area contributed by atoms with Crippen molar-refractivity contribution >= 4 is 0 Å². The van der Waals surface area contributed by atoms with Crippen LogP contribution < -0.4 is 0 Å². The second-order valence-electron chi connectivity index (χ2n) is 5.33. The Morgan fingerprint density at radius 3 is 2.50 bits per heavy atom. The van der Waals surface area contributed by atoms with Crippen molar-refractivity contribution in [3.05, 3.63) is 0 Å². The summed E-state index contributed by atoms with van der Waals surface area (Å²) in [4.78, 5) is 0. The van der Waals surface area contributed by atoms with Crippen molar-refractivity contribution in [2.75, 3.05) is 0 Å². The lowest BCUT2D eigenvalue weighted by molar-refractivity contribution is 0.195. The molecule has 2 rings (SSSR count). The molecule has 2 aliphatic carbocycles. The quantitative estimate of drug-likeness (QED) is 0.512. The van der Waals surface area contributed by atoms with Crippen LogP contribution in [-0.4, -0.2) is 0 Å². The molecule has 0 amide bonds. The molecule has 0 radical (unpaired) electrons. The van der Waals surface area contributed by atoms with Crippen LogP contribution in [0.5, 0.6) is 0 Å². The molecule has 0 aromatic rings. The molecule has 0 saturated heterocycles. The Bertz CT molecular complexity index is 150. The van der Waals surface area contributed by atoms with Gasteiger partial charge in [0.2, 0.25) is 0 Å². The van der Waals surface area contributed by atoms with Gasteiger partial charge >= 0.3 is 0 Å². The fourth-order valence-electron chi connectivity index (χ4n) is 3.31. The van der Waals surface area contributed by atoms with E-state index in [2.05, 4.69) is 13.8 Å². The summed E-state index contributed by atoms with van der Waals surface area (Å²) >= 11 is 0. The van der Waals surface area contributed by atoms with Gasteiger partial charge in [-0.25, -0.2) is 0 Å². The molecule has 2 aliphatic rings. The first-order chi connectivity index (χ1) is 5.75. The summed E-state index contributed by atoms with van der Waals surface area (Å²) in [6, 6.07) is 0. The van der Waals surface area contributed by atoms with Gasteiger partial charge in [-0.3, -0.25) is 0 Å². The molecule has 0 aromatic carbocycles. The predicted molar refractivity (Wildman–Crippen MR) is 53.0 cm³/mol. The third-order valence-corrected chi connectivity index (χ3v) is 4.24. The third kappa shape index (κ3) is 1.67. The largest absolute Gasteiger partial charge is 0.0625 e. The van der Waals surface area contributed by atoms with Crippen LogP contribution in [-0.2, 0) is 0 Å². The zero-order valence-corrected chi connectivity index (χ0v) is 8.55. The van der Waals surface area contributed by atoms with E-state index in [1.807, 2.05) is 0 Å². The van der Waals surface area contributed by atoms with Crippen molar-refractivity contribution in [1.29, 1.82) is 0 Å². The second kappa shape index (κ2) is 3.40. The van der Waals surface area contributed by atoms with Gasteiger partial charge in [0.05, 0.1) is 0 Å². The van der Waals surface area contributed by atoms with E-state index in [4.69, 9.17) is 0 Å². The van der Waals surface area contributed by atoms with Gasteiger partial charge in [0.15, 0.2) is 0 Å². The molecule has 2 saturated carbocycles. The molecule has 2 fully saturated rings. The molecular weight excluding hydrogens is 144 g/mol. The first-order valence-electron chi connectivity index (χ1n) is 5.75. The van der Waals surface area contributed by atoms with Crippen molar-refractivity contribution < 1.29 is 0 Å². The molecule has 0 heteroatoms. The van der Waals surface area contributed by atoms with E-state index in [1.54, 1.807) is 6.42 Å². The van der Waals surface area contributed by atoms with Crippen LogP contribution in [0, 0.1) is 23.7 Å². The van der Waals surface area contributed by atoms with Gasteiger partial charge in [-0.15, -0.1) is 0 Å². The molecule has 2 bridgehead atoms. The molecular formula is C12H22. The topological polar surface area (TPSA) is 0 Å².